The minimum atomic E-state index is -0.463. The number of aromatic nitrogens is 5. The summed E-state index contributed by atoms with van der Waals surface area (Å²) < 4.78 is 1.76. The number of amides is 1. The van der Waals surface area contributed by atoms with Crippen LogP contribution in [0.4, 0.5) is 0 Å². The van der Waals surface area contributed by atoms with Crippen molar-refractivity contribution in [2.24, 2.45) is 0 Å². The predicted octanol–water partition coefficient (Wildman–Crippen LogP) is 4.63. The molecule has 3 aromatic heterocycles. The zero-order chi connectivity index (χ0) is 21.4. The number of nitrogens with zero attached hydrogens (tertiary/aromatic N) is 5. The van der Waals surface area contributed by atoms with Gasteiger partial charge in [-0.2, -0.15) is 0 Å². The van der Waals surface area contributed by atoms with Crippen LogP contribution in [0.25, 0.3) is 33.3 Å². The van der Waals surface area contributed by atoms with Gasteiger partial charge in [-0.15, -0.1) is 5.10 Å². The van der Waals surface area contributed by atoms with E-state index in [-0.39, 0.29) is 5.02 Å². The fraction of sp³-hybridized carbons (Fsp3) is 0.0455. The predicted molar refractivity (Wildman–Crippen MR) is 120 cm³/mol. The minimum absolute atomic E-state index is 0.286. The monoisotopic (exact) mass is 448 g/mol. The van der Waals surface area contributed by atoms with Crippen molar-refractivity contribution in [1.29, 1.82) is 0 Å². The maximum absolute atomic E-state index is 11.8. The Bertz CT molecular complexity index is 1450. The van der Waals surface area contributed by atoms with Gasteiger partial charge < -0.3 is 0 Å². The van der Waals surface area contributed by atoms with Gasteiger partial charge in [-0.25, -0.2) is 9.67 Å². The summed E-state index contributed by atoms with van der Waals surface area (Å²) in [5, 5.41) is 9.84. The Balaban J connectivity index is 1.51. The molecular weight excluding hydrogens is 435 g/mol. The smallest absolute Gasteiger partial charge is 0.267 e. The first-order valence-electron chi connectivity index (χ1n) is 9.37. The maximum atomic E-state index is 11.8. The topological polar surface area (TPSA) is 85.6 Å². The van der Waals surface area contributed by atoms with Crippen molar-refractivity contribution in [2.45, 2.75) is 6.54 Å². The molecule has 9 heteroatoms. The summed E-state index contributed by atoms with van der Waals surface area (Å²) in [6.07, 6.45) is 1.78. The van der Waals surface area contributed by atoms with Gasteiger partial charge in [-0.05, 0) is 48.0 Å². The summed E-state index contributed by atoms with van der Waals surface area (Å²) in [4.78, 5) is 22.9. The lowest BCUT2D eigenvalue weighted by atomic mass is 10.1. The SMILES string of the molecule is O=C(NCl)c1ccc(-c2ccc3nnn(Cc4ccc5ncccc5c4)c3n2)cc1Cl. The van der Waals surface area contributed by atoms with Gasteiger partial charge in [0, 0.05) is 28.9 Å². The molecule has 31 heavy (non-hydrogen) atoms. The molecule has 1 N–H and O–H groups in total. The van der Waals surface area contributed by atoms with E-state index in [2.05, 4.69) is 26.2 Å². The van der Waals surface area contributed by atoms with E-state index in [0.29, 0.717) is 29.0 Å². The number of carbonyl (C=O) groups excluding carboxylic acids is 1. The summed E-state index contributed by atoms with van der Waals surface area (Å²) in [5.74, 6) is -0.463. The number of carbonyl (C=O) groups is 1. The van der Waals surface area contributed by atoms with Crippen LogP contribution in [0.1, 0.15) is 15.9 Å². The van der Waals surface area contributed by atoms with Gasteiger partial charge in [0.1, 0.15) is 5.52 Å². The highest BCUT2D eigenvalue weighted by atomic mass is 35.5. The van der Waals surface area contributed by atoms with Crippen LogP contribution in [0.2, 0.25) is 5.02 Å². The second kappa shape index (κ2) is 7.94. The molecule has 0 bridgehead atoms. The zero-order valence-corrected chi connectivity index (χ0v) is 17.5. The zero-order valence-electron chi connectivity index (χ0n) is 16.0. The normalized spacial score (nSPS) is 11.2. The summed E-state index contributed by atoms with van der Waals surface area (Å²) in [6, 6.07) is 18.8. The Hall–Kier alpha value is -3.55. The van der Waals surface area contributed by atoms with Gasteiger partial charge in [0.15, 0.2) is 5.65 Å². The van der Waals surface area contributed by atoms with E-state index in [1.54, 1.807) is 29.1 Å². The van der Waals surface area contributed by atoms with Crippen LogP contribution in [0.5, 0.6) is 0 Å². The van der Waals surface area contributed by atoms with E-state index in [4.69, 9.17) is 28.4 Å². The molecule has 0 aliphatic heterocycles. The van der Waals surface area contributed by atoms with Crippen molar-refractivity contribution in [2.75, 3.05) is 0 Å². The molecular formula is C22H14Cl2N6O. The molecule has 0 spiro atoms. The summed E-state index contributed by atoms with van der Waals surface area (Å²) in [6.45, 7) is 0.521. The minimum Gasteiger partial charge on any atom is -0.268 e. The highest BCUT2D eigenvalue weighted by Gasteiger charge is 2.13. The van der Waals surface area contributed by atoms with Crippen molar-refractivity contribution in [1.82, 2.24) is 29.8 Å². The number of pyridine rings is 2. The van der Waals surface area contributed by atoms with Crippen molar-refractivity contribution < 1.29 is 4.79 Å². The van der Waals surface area contributed by atoms with E-state index >= 15 is 0 Å². The first-order valence-corrected chi connectivity index (χ1v) is 10.1. The Labute approximate surface area is 186 Å². The van der Waals surface area contributed by atoms with Gasteiger partial charge in [-0.3, -0.25) is 14.6 Å². The molecule has 2 aromatic carbocycles. The van der Waals surface area contributed by atoms with E-state index < -0.39 is 5.91 Å². The van der Waals surface area contributed by atoms with Crippen molar-refractivity contribution in [3.8, 4) is 11.3 Å². The quantitative estimate of drug-likeness (QED) is 0.405. The van der Waals surface area contributed by atoms with E-state index in [1.807, 2.05) is 36.4 Å². The lowest BCUT2D eigenvalue weighted by Crippen LogP contribution is -2.12. The third-order valence-electron chi connectivity index (χ3n) is 4.95. The third-order valence-corrected chi connectivity index (χ3v) is 5.44. The van der Waals surface area contributed by atoms with Crippen LogP contribution in [-0.2, 0) is 6.54 Å². The molecule has 0 unspecified atom stereocenters. The van der Waals surface area contributed by atoms with Gasteiger partial charge in [-0.1, -0.05) is 35.0 Å². The molecule has 152 valence electrons. The lowest BCUT2D eigenvalue weighted by Gasteiger charge is -2.07. The van der Waals surface area contributed by atoms with Crippen molar-refractivity contribution in [3.63, 3.8) is 0 Å². The Morgan fingerprint density at radius 3 is 2.74 bits per heavy atom. The lowest BCUT2D eigenvalue weighted by molar-refractivity contribution is 0.0982. The number of benzene rings is 2. The Morgan fingerprint density at radius 1 is 1.03 bits per heavy atom. The Kier molecular flexibility index (Phi) is 4.97. The number of rotatable bonds is 4. The first-order chi connectivity index (χ1) is 15.1. The van der Waals surface area contributed by atoms with E-state index in [0.717, 1.165) is 22.0 Å². The van der Waals surface area contributed by atoms with E-state index in [1.165, 1.54) is 0 Å². The van der Waals surface area contributed by atoms with Crippen LogP contribution in [0.15, 0.2) is 66.9 Å². The largest absolute Gasteiger partial charge is 0.268 e. The van der Waals surface area contributed by atoms with E-state index in [9.17, 15) is 4.79 Å². The van der Waals surface area contributed by atoms with Gasteiger partial charge >= 0.3 is 0 Å². The summed E-state index contributed by atoms with van der Waals surface area (Å²) >= 11 is 11.6. The average Bonchev–Trinajstić information content (AvgIpc) is 3.20. The maximum Gasteiger partial charge on any atom is 0.267 e. The molecule has 3 heterocycles. The van der Waals surface area contributed by atoms with Crippen molar-refractivity contribution in [3.05, 3.63) is 83.0 Å². The number of hydrogen-bond acceptors (Lipinski definition) is 5. The average molecular weight is 449 g/mol. The number of halogens is 2. The molecule has 0 fully saturated rings. The number of hydrogen-bond donors (Lipinski definition) is 1. The van der Waals surface area contributed by atoms with Crippen LogP contribution in [0, 0.1) is 0 Å². The second-order valence-electron chi connectivity index (χ2n) is 6.94. The molecule has 1 amide bonds. The number of fused-ring (bicyclic) bond motifs is 2. The highest BCUT2D eigenvalue weighted by Crippen LogP contribution is 2.26. The molecule has 0 saturated heterocycles. The Morgan fingerprint density at radius 2 is 1.90 bits per heavy atom. The molecule has 0 atom stereocenters. The fourth-order valence-electron chi connectivity index (χ4n) is 3.43. The molecule has 0 aliphatic carbocycles. The molecule has 0 radical (unpaired) electrons. The van der Waals surface area contributed by atoms with Crippen LogP contribution < -0.4 is 4.84 Å². The third kappa shape index (κ3) is 3.69. The molecule has 7 nitrogen and oxygen atoms in total. The summed E-state index contributed by atoms with van der Waals surface area (Å²) in [7, 11) is 0. The molecule has 5 aromatic rings. The van der Waals surface area contributed by atoms with Crippen molar-refractivity contribution >= 4 is 51.4 Å². The standard InChI is InChI=1S/C22H14Cl2N6O/c23-17-11-15(4-5-16(17)22(31)27-24)19-7-8-20-21(26-19)30(29-28-20)12-13-3-6-18-14(10-13)2-1-9-25-18/h1-11H,12H2,(H,27,31). The van der Waals surface area contributed by atoms with Gasteiger partial charge in [0.05, 0.1) is 28.3 Å². The van der Waals surface area contributed by atoms with Crippen LogP contribution >= 0.6 is 23.4 Å². The van der Waals surface area contributed by atoms with Gasteiger partial charge in [0.25, 0.3) is 5.91 Å². The van der Waals surface area contributed by atoms with Crippen LogP contribution in [0.3, 0.4) is 0 Å². The molecule has 0 saturated carbocycles. The fourth-order valence-corrected chi connectivity index (χ4v) is 3.79. The van der Waals surface area contributed by atoms with Gasteiger partial charge in [0.2, 0.25) is 0 Å². The highest BCUT2D eigenvalue weighted by molar-refractivity contribution is 6.35. The summed E-state index contributed by atoms with van der Waals surface area (Å²) in [5.41, 5.74) is 5.11. The second-order valence-corrected chi connectivity index (χ2v) is 7.53. The molecule has 0 aliphatic rings. The number of nitrogens with one attached hydrogen (secondary N) is 1. The first kappa shape index (κ1) is 19.4. The van der Waals surface area contributed by atoms with Crippen LogP contribution in [-0.4, -0.2) is 30.9 Å². The molecule has 5 rings (SSSR count).